The first kappa shape index (κ1) is 13.9. The maximum Gasteiger partial charge on any atom is 0.340 e. The highest BCUT2D eigenvalue weighted by atomic mass is 19.1. The second-order valence-corrected chi connectivity index (χ2v) is 5.28. The van der Waals surface area contributed by atoms with Crippen LogP contribution >= 0.6 is 0 Å². The van der Waals surface area contributed by atoms with Crippen LogP contribution in [0.25, 0.3) is 0 Å². The van der Waals surface area contributed by atoms with Gasteiger partial charge in [0.05, 0.1) is 11.8 Å². The van der Waals surface area contributed by atoms with Gasteiger partial charge in [0.25, 0.3) is 0 Å². The molecule has 0 unspecified atom stereocenters. The molecule has 0 saturated heterocycles. The molecule has 0 spiro atoms. The van der Waals surface area contributed by atoms with E-state index >= 15 is 0 Å². The minimum atomic E-state index is -0.767. The summed E-state index contributed by atoms with van der Waals surface area (Å²) in [5, 5.41) is 5.82. The Bertz CT molecular complexity index is 274. The highest BCUT2D eigenvalue weighted by Crippen LogP contribution is 2.34. The SMILES string of the molecule is CC1(C)CCC(NC(=O)N(CCF)N=O)CC1. The number of carbonyl (C=O) groups excluding carboxylic acids is 1. The van der Waals surface area contributed by atoms with Crippen molar-refractivity contribution in [3.05, 3.63) is 4.91 Å². The van der Waals surface area contributed by atoms with E-state index in [1.54, 1.807) is 0 Å². The van der Waals surface area contributed by atoms with Crippen LogP contribution in [0.2, 0.25) is 0 Å². The van der Waals surface area contributed by atoms with Gasteiger partial charge in [-0.15, -0.1) is 4.91 Å². The van der Waals surface area contributed by atoms with Gasteiger partial charge in [0.1, 0.15) is 6.67 Å². The van der Waals surface area contributed by atoms with Crippen molar-refractivity contribution in [2.24, 2.45) is 10.7 Å². The molecule has 0 atom stereocenters. The van der Waals surface area contributed by atoms with E-state index in [2.05, 4.69) is 24.5 Å². The Balaban J connectivity index is 2.39. The van der Waals surface area contributed by atoms with Crippen LogP contribution in [0.5, 0.6) is 0 Å². The van der Waals surface area contributed by atoms with Gasteiger partial charge in [0.15, 0.2) is 0 Å². The number of hydrogen-bond acceptors (Lipinski definition) is 3. The molecule has 0 aromatic rings. The molecule has 1 N–H and O–H groups in total. The molecule has 0 aliphatic heterocycles. The summed E-state index contributed by atoms with van der Waals surface area (Å²) in [6.45, 7) is 3.35. The van der Waals surface area contributed by atoms with Crippen molar-refractivity contribution < 1.29 is 9.18 Å². The number of amides is 2. The van der Waals surface area contributed by atoms with Crippen LogP contribution in [0.15, 0.2) is 5.29 Å². The third-order valence-electron chi connectivity index (χ3n) is 3.30. The number of rotatable bonds is 4. The molecule has 1 aliphatic carbocycles. The Morgan fingerprint density at radius 3 is 2.53 bits per heavy atom. The molecule has 98 valence electrons. The largest absolute Gasteiger partial charge is 0.340 e. The first-order valence-electron chi connectivity index (χ1n) is 5.96. The lowest BCUT2D eigenvalue weighted by atomic mass is 9.76. The van der Waals surface area contributed by atoms with Crippen molar-refractivity contribution in [3.63, 3.8) is 0 Å². The number of nitrogens with one attached hydrogen (secondary N) is 1. The number of carbonyl (C=O) groups is 1. The van der Waals surface area contributed by atoms with E-state index in [9.17, 15) is 14.1 Å². The Kier molecular flexibility index (Phi) is 4.84. The molecule has 1 fully saturated rings. The molecule has 0 heterocycles. The van der Waals surface area contributed by atoms with Crippen molar-refractivity contribution >= 4 is 6.03 Å². The van der Waals surface area contributed by atoms with Crippen LogP contribution in [0.3, 0.4) is 0 Å². The van der Waals surface area contributed by atoms with Gasteiger partial charge in [-0.2, -0.15) is 5.01 Å². The summed E-state index contributed by atoms with van der Waals surface area (Å²) < 4.78 is 12.1. The topological polar surface area (TPSA) is 61.8 Å². The molecule has 0 aromatic carbocycles. The van der Waals surface area contributed by atoms with Crippen molar-refractivity contribution in [1.82, 2.24) is 10.3 Å². The van der Waals surface area contributed by atoms with E-state index in [4.69, 9.17) is 0 Å². The first-order valence-corrected chi connectivity index (χ1v) is 5.96. The summed E-state index contributed by atoms with van der Waals surface area (Å²) in [6.07, 6.45) is 3.85. The molecule has 1 rings (SSSR count). The number of urea groups is 1. The van der Waals surface area contributed by atoms with Crippen LogP contribution in [0.1, 0.15) is 39.5 Å². The lowest BCUT2D eigenvalue weighted by molar-refractivity contribution is 0.171. The van der Waals surface area contributed by atoms with Gasteiger partial charge < -0.3 is 5.32 Å². The second-order valence-electron chi connectivity index (χ2n) is 5.28. The lowest BCUT2D eigenvalue weighted by Gasteiger charge is -2.34. The molecule has 1 saturated carbocycles. The van der Waals surface area contributed by atoms with Crippen LogP contribution in [0.4, 0.5) is 9.18 Å². The minimum absolute atomic E-state index is 0.0689. The predicted molar refractivity (Wildman–Crippen MR) is 63.0 cm³/mol. The maximum absolute atomic E-state index is 12.1. The van der Waals surface area contributed by atoms with E-state index in [0.29, 0.717) is 10.4 Å². The summed E-state index contributed by atoms with van der Waals surface area (Å²) in [5.41, 5.74) is 0.322. The van der Waals surface area contributed by atoms with Crippen LogP contribution in [0, 0.1) is 10.3 Å². The number of hydrogen-bond donors (Lipinski definition) is 1. The monoisotopic (exact) mass is 245 g/mol. The molecule has 1 aliphatic rings. The Morgan fingerprint density at radius 2 is 2.06 bits per heavy atom. The van der Waals surface area contributed by atoms with Gasteiger partial charge in [-0.05, 0) is 31.1 Å². The zero-order valence-corrected chi connectivity index (χ0v) is 10.4. The molecule has 2 amide bonds. The van der Waals surface area contributed by atoms with Gasteiger partial charge in [0, 0.05) is 6.04 Å². The Labute approximate surface area is 101 Å². The fourth-order valence-electron chi connectivity index (χ4n) is 2.05. The van der Waals surface area contributed by atoms with E-state index in [-0.39, 0.29) is 12.6 Å². The normalized spacial score (nSPS) is 19.7. The molecule has 17 heavy (non-hydrogen) atoms. The molecular formula is C11H20FN3O2. The Morgan fingerprint density at radius 1 is 1.47 bits per heavy atom. The average molecular weight is 245 g/mol. The summed E-state index contributed by atoms with van der Waals surface area (Å²) in [6, 6.07) is -0.526. The third-order valence-corrected chi connectivity index (χ3v) is 3.30. The van der Waals surface area contributed by atoms with E-state index in [0.717, 1.165) is 25.7 Å². The van der Waals surface area contributed by atoms with E-state index in [1.165, 1.54) is 0 Å². The molecule has 5 nitrogen and oxygen atoms in total. The highest BCUT2D eigenvalue weighted by molar-refractivity contribution is 5.74. The number of nitroso groups, excluding NO2 is 1. The highest BCUT2D eigenvalue weighted by Gasteiger charge is 2.28. The molecular weight excluding hydrogens is 225 g/mol. The fourth-order valence-corrected chi connectivity index (χ4v) is 2.05. The van der Waals surface area contributed by atoms with Crippen molar-refractivity contribution in [2.45, 2.75) is 45.6 Å². The van der Waals surface area contributed by atoms with Gasteiger partial charge in [0.2, 0.25) is 0 Å². The van der Waals surface area contributed by atoms with Crippen LogP contribution < -0.4 is 5.32 Å². The quantitative estimate of drug-likeness (QED) is 0.611. The van der Waals surface area contributed by atoms with Gasteiger partial charge in [-0.1, -0.05) is 13.8 Å². The number of nitrogens with zero attached hydrogens (tertiary/aromatic N) is 2. The van der Waals surface area contributed by atoms with Crippen molar-refractivity contribution in [1.29, 1.82) is 0 Å². The maximum atomic E-state index is 12.1. The smallest absolute Gasteiger partial charge is 0.334 e. The standard InChI is InChI=1S/C11H20FN3O2/c1-11(2)5-3-9(4-6-11)13-10(16)15(14-17)8-7-12/h9H,3-8H2,1-2H3,(H,13,16). The van der Waals surface area contributed by atoms with Crippen LogP contribution in [-0.2, 0) is 0 Å². The third kappa shape index (κ3) is 4.28. The second kappa shape index (κ2) is 5.93. The molecule has 0 aromatic heterocycles. The van der Waals surface area contributed by atoms with Gasteiger partial charge >= 0.3 is 6.03 Å². The van der Waals surface area contributed by atoms with E-state index in [1.807, 2.05) is 0 Å². The van der Waals surface area contributed by atoms with Gasteiger partial charge in [-0.3, -0.25) is 0 Å². The number of halogens is 1. The van der Waals surface area contributed by atoms with Crippen LogP contribution in [-0.4, -0.2) is 30.3 Å². The summed E-state index contributed by atoms with van der Waals surface area (Å²) in [5.74, 6) is 0. The zero-order valence-electron chi connectivity index (χ0n) is 10.4. The first-order chi connectivity index (χ1) is 7.98. The fraction of sp³-hybridized carbons (Fsp3) is 0.909. The molecule has 0 bridgehead atoms. The summed E-state index contributed by atoms with van der Waals surface area (Å²) in [7, 11) is 0. The molecule has 0 radical (unpaired) electrons. The van der Waals surface area contributed by atoms with E-state index < -0.39 is 12.7 Å². The van der Waals surface area contributed by atoms with Crippen molar-refractivity contribution in [3.8, 4) is 0 Å². The minimum Gasteiger partial charge on any atom is -0.334 e. The lowest BCUT2D eigenvalue weighted by Crippen LogP contribution is -2.45. The van der Waals surface area contributed by atoms with Gasteiger partial charge in [-0.25, -0.2) is 9.18 Å². The molecule has 6 heteroatoms. The zero-order chi connectivity index (χ0) is 12.9. The average Bonchev–Trinajstić information content (AvgIpc) is 2.28. The Hall–Kier alpha value is -1.20. The number of alkyl halides is 1. The summed E-state index contributed by atoms with van der Waals surface area (Å²) in [4.78, 5) is 21.9. The predicted octanol–water partition coefficient (Wildman–Crippen LogP) is 2.62. The van der Waals surface area contributed by atoms with Crippen molar-refractivity contribution in [2.75, 3.05) is 13.2 Å². The summed E-state index contributed by atoms with van der Waals surface area (Å²) >= 11 is 0.